The van der Waals surface area contributed by atoms with Gasteiger partial charge in [-0.1, -0.05) is 156 Å². The van der Waals surface area contributed by atoms with Crippen LogP contribution in [0.2, 0.25) is 0 Å². The van der Waals surface area contributed by atoms with Gasteiger partial charge in [0.1, 0.15) is 0 Å². The molecule has 0 aliphatic rings. The molecule has 4 rings (SSSR count). The predicted octanol–water partition coefficient (Wildman–Crippen LogP) is 12.4. The normalized spacial score (nSPS) is 6.63. The van der Waals surface area contributed by atoms with Gasteiger partial charge in [0.15, 0.2) is 0 Å². The fourth-order valence-electron chi connectivity index (χ4n) is 2.46. The molecule has 0 atom stereocenters. The molecule has 0 amide bonds. The molecule has 43 heavy (non-hydrogen) atoms. The van der Waals surface area contributed by atoms with E-state index in [1.165, 1.54) is 48.2 Å². The fourth-order valence-corrected chi connectivity index (χ4v) is 2.46. The Kier molecular flexibility index (Phi) is 59.3. The largest absolute Gasteiger partial charge is 0.199 e. The van der Waals surface area contributed by atoms with Crippen molar-refractivity contribution in [2.24, 2.45) is 0 Å². The molecule has 0 aliphatic heterocycles. The summed E-state index contributed by atoms with van der Waals surface area (Å²) in [6.45, 7) is 24.3. The van der Waals surface area contributed by atoms with Crippen molar-refractivity contribution in [3.05, 3.63) is 120 Å². The van der Waals surface area contributed by atoms with E-state index in [2.05, 4.69) is 99.8 Å². The zero-order valence-corrected chi connectivity index (χ0v) is 29.2. The zero-order chi connectivity index (χ0) is 34.7. The molecule has 0 radical (unpaired) electrons. The summed E-state index contributed by atoms with van der Waals surface area (Å²) < 4.78 is 0. The highest BCUT2D eigenvalue weighted by atomic mass is 14.2. The predicted molar refractivity (Wildman–Crippen MR) is 193 cm³/mol. The van der Waals surface area contributed by atoms with E-state index in [1.807, 2.05) is 77.9 Å². The lowest BCUT2D eigenvalue weighted by atomic mass is 10.1. The van der Waals surface area contributed by atoms with Crippen LogP contribution in [0, 0.1) is 67.1 Å². The second-order valence-electron chi connectivity index (χ2n) is 7.06. The average molecular weight is 580 g/mol. The molecule has 0 heterocycles. The molecule has 232 valence electrons. The van der Waals surface area contributed by atoms with Gasteiger partial charge in [-0.05, 0) is 44.0 Å². The lowest BCUT2D eigenvalue weighted by Gasteiger charge is -1.98. The molecular weight excluding hydrogens is 522 g/mol. The second-order valence-corrected chi connectivity index (χ2v) is 7.06. The molecule has 0 bridgehead atoms. The molecule has 0 unspecified atom stereocenters. The van der Waals surface area contributed by atoms with Crippen LogP contribution in [0.25, 0.3) is 10.8 Å². The molecule has 0 N–H and O–H groups in total. The summed E-state index contributed by atoms with van der Waals surface area (Å²) >= 11 is 0. The number of aryl methyl sites for hydroxylation is 3. The van der Waals surface area contributed by atoms with Crippen molar-refractivity contribution in [1.82, 2.24) is 0 Å². The second kappa shape index (κ2) is 50.1. The highest BCUT2D eigenvalue weighted by Gasteiger charge is 1.92. The Labute approximate surface area is 266 Å². The van der Waals surface area contributed by atoms with Gasteiger partial charge in [-0.2, -0.15) is 15.8 Å². The highest BCUT2D eigenvalue weighted by molar-refractivity contribution is 5.85. The molecule has 0 fully saturated rings. The van der Waals surface area contributed by atoms with E-state index in [0.29, 0.717) is 0 Å². The third kappa shape index (κ3) is 44.4. The molecule has 4 aromatic carbocycles. The van der Waals surface area contributed by atoms with Crippen molar-refractivity contribution in [1.29, 1.82) is 15.8 Å². The number of rotatable bonds is 0. The van der Waals surface area contributed by atoms with Crippen LogP contribution >= 0.6 is 0 Å². The Morgan fingerprint density at radius 2 is 0.698 bits per heavy atom. The first-order valence-electron chi connectivity index (χ1n) is 14.6. The third-order valence-electron chi connectivity index (χ3n) is 3.89. The molecule has 3 nitrogen and oxygen atoms in total. The van der Waals surface area contributed by atoms with Gasteiger partial charge in [-0.3, -0.25) is 0 Å². The number of hydrogen-bond acceptors (Lipinski definition) is 3. The summed E-state index contributed by atoms with van der Waals surface area (Å²) in [5.41, 5.74) is 3.99. The highest BCUT2D eigenvalue weighted by Crippen LogP contribution is 2.16. The summed E-state index contributed by atoms with van der Waals surface area (Å²) in [5, 5.41) is 24.6. The van der Waals surface area contributed by atoms with Crippen molar-refractivity contribution >= 4 is 10.8 Å². The molecule has 0 saturated carbocycles. The Hall–Kier alpha value is -4.83. The first-order chi connectivity index (χ1) is 20.8. The maximum absolute atomic E-state index is 7.32. The van der Waals surface area contributed by atoms with Gasteiger partial charge < -0.3 is 0 Å². The Bertz CT molecular complexity index is 1130. The van der Waals surface area contributed by atoms with Crippen LogP contribution < -0.4 is 0 Å². The first-order valence-corrected chi connectivity index (χ1v) is 14.6. The van der Waals surface area contributed by atoms with Crippen molar-refractivity contribution in [2.75, 3.05) is 0 Å². The minimum Gasteiger partial charge on any atom is -0.199 e. The Morgan fingerprint density at radius 3 is 0.953 bits per heavy atom. The smallest absolute Gasteiger partial charge is 0.0587 e. The minimum atomic E-state index is 1.32. The number of terminal acetylenes is 1. The Morgan fingerprint density at radius 1 is 0.442 bits per heavy atom. The minimum absolute atomic E-state index is 1.32. The number of benzene rings is 4. The lowest BCUT2D eigenvalue weighted by molar-refractivity contribution is 1.48. The standard InChI is InChI=1S/C11H10.2C7H8.C3H4.3C2H3N.3C2H6/c1-9-5-4-7-10-6-2-3-8-11(9)10;2*1-7-5-3-2-4-6-7;1-3-2;3*1-2-3;3*1-2/h2-8H,1H3;2*2-6H,1H3;1H,2H3;3*1H3;3*1-2H3. The summed E-state index contributed by atoms with van der Waals surface area (Å²) in [6.07, 6.45) is 4.60. The topological polar surface area (TPSA) is 71.4 Å². The van der Waals surface area contributed by atoms with Crippen LogP contribution in [0.3, 0.4) is 0 Å². The maximum atomic E-state index is 7.32. The molecule has 0 aliphatic carbocycles. The van der Waals surface area contributed by atoms with Crippen LogP contribution in [-0.2, 0) is 0 Å². The summed E-state index contributed by atoms with van der Waals surface area (Å²) in [4.78, 5) is 0. The summed E-state index contributed by atoms with van der Waals surface area (Å²) in [5.74, 6) is 2.25. The summed E-state index contributed by atoms with van der Waals surface area (Å²) in [6, 6.07) is 40.6. The van der Waals surface area contributed by atoms with E-state index in [-0.39, 0.29) is 0 Å². The number of nitrogens with zero attached hydrogens (tertiary/aromatic N) is 3. The van der Waals surface area contributed by atoms with Crippen LogP contribution in [0.1, 0.15) is 85.9 Å². The van der Waals surface area contributed by atoms with Gasteiger partial charge in [-0.15, -0.1) is 12.3 Å². The number of hydrogen-bond donors (Lipinski definition) is 0. The fraction of sp³-hybridized carbons (Fsp3) is 0.325. The van der Waals surface area contributed by atoms with Crippen LogP contribution in [0.4, 0.5) is 0 Å². The van der Waals surface area contributed by atoms with Crippen molar-refractivity contribution in [2.45, 2.75) is 90.0 Å². The summed E-state index contributed by atoms with van der Waals surface area (Å²) in [7, 11) is 0. The van der Waals surface area contributed by atoms with Gasteiger partial charge >= 0.3 is 0 Å². The molecule has 3 heteroatoms. The van der Waals surface area contributed by atoms with Crippen LogP contribution in [0.5, 0.6) is 0 Å². The van der Waals surface area contributed by atoms with Gasteiger partial charge in [0.25, 0.3) is 0 Å². The average Bonchev–Trinajstić information content (AvgIpc) is 3.04. The van der Waals surface area contributed by atoms with E-state index in [9.17, 15) is 0 Å². The third-order valence-corrected chi connectivity index (χ3v) is 3.89. The van der Waals surface area contributed by atoms with E-state index in [1.54, 1.807) is 25.1 Å². The van der Waals surface area contributed by atoms with Crippen molar-refractivity contribution < 1.29 is 0 Å². The van der Waals surface area contributed by atoms with E-state index in [0.717, 1.165) is 0 Å². The van der Waals surface area contributed by atoms with E-state index >= 15 is 0 Å². The zero-order valence-electron chi connectivity index (χ0n) is 29.2. The van der Waals surface area contributed by atoms with E-state index < -0.39 is 0 Å². The number of fused-ring (bicyclic) bond motifs is 1. The van der Waals surface area contributed by atoms with Gasteiger partial charge in [0.2, 0.25) is 0 Å². The molecule has 0 aromatic heterocycles. The van der Waals surface area contributed by atoms with Gasteiger partial charge in [0, 0.05) is 20.8 Å². The van der Waals surface area contributed by atoms with Crippen LogP contribution in [0.15, 0.2) is 103 Å². The molecular formula is C40H57N3. The van der Waals surface area contributed by atoms with E-state index in [4.69, 9.17) is 15.8 Å². The van der Waals surface area contributed by atoms with Crippen molar-refractivity contribution in [3.63, 3.8) is 0 Å². The molecule has 0 saturated heterocycles. The van der Waals surface area contributed by atoms with Crippen LogP contribution in [-0.4, -0.2) is 0 Å². The quantitative estimate of drug-likeness (QED) is 0.194. The SMILES string of the molecule is C#CC.CC.CC.CC.CC#N.CC#N.CC#N.Cc1cccc2ccccc12.Cc1ccccc1.Cc1ccccc1. The number of nitriles is 3. The monoisotopic (exact) mass is 579 g/mol. The first kappa shape index (κ1) is 51.0. The van der Waals surface area contributed by atoms with Gasteiger partial charge in [0.05, 0.1) is 18.2 Å². The van der Waals surface area contributed by atoms with Crippen molar-refractivity contribution in [3.8, 4) is 30.6 Å². The van der Waals surface area contributed by atoms with Gasteiger partial charge in [-0.25, -0.2) is 0 Å². The Balaban J connectivity index is -0.0000000959. The molecule has 4 aromatic rings. The lowest BCUT2D eigenvalue weighted by Crippen LogP contribution is -1.75. The maximum Gasteiger partial charge on any atom is 0.0587 e. The molecule has 0 spiro atoms.